The number of likely N-dealkylation sites (N-methyl/N-ethyl adjacent to an activating group) is 1. The number of halogens is 2. The van der Waals surface area contributed by atoms with E-state index in [-0.39, 0.29) is 6.04 Å². The van der Waals surface area contributed by atoms with Crippen LogP contribution in [-0.4, -0.2) is 12.0 Å². The molecule has 0 saturated heterocycles. The van der Waals surface area contributed by atoms with Crippen LogP contribution in [0.3, 0.4) is 0 Å². The standard InChI is InChI=1S/C12H12BrClN2S/c1-15-12(5-9-6-16-7-17-9)10-3-2-8(13)4-11(10)14/h2-4,6-7,12,15H,5H2,1H3. The topological polar surface area (TPSA) is 24.9 Å². The van der Waals surface area contributed by atoms with E-state index in [1.165, 1.54) is 4.88 Å². The summed E-state index contributed by atoms with van der Waals surface area (Å²) in [5, 5.41) is 4.08. The number of nitrogens with zero attached hydrogens (tertiary/aromatic N) is 1. The van der Waals surface area contributed by atoms with Crippen molar-refractivity contribution < 1.29 is 0 Å². The van der Waals surface area contributed by atoms with E-state index in [2.05, 4.69) is 32.3 Å². The first kappa shape index (κ1) is 13.0. The fraction of sp³-hybridized carbons (Fsp3) is 0.250. The second-order valence-electron chi connectivity index (χ2n) is 3.68. The van der Waals surface area contributed by atoms with Crippen molar-refractivity contribution in [1.29, 1.82) is 0 Å². The largest absolute Gasteiger partial charge is 0.313 e. The van der Waals surface area contributed by atoms with E-state index in [1.807, 2.05) is 30.9 Å². The van der Waals surface area contributed by atoms with Gasteiger partial charge in [-0.3, -0.25) is 4.98 Å². The Morgan fingerprint density at radius 2 is 2.35 bits per heavy atom. The van der Waals surface area contributed by atoms with Crippen LogP contribution in [0.2, 0.25) is 5.02 Å². The van der Waals surface area contributed by atoms with Gasteiger partial charge in [-0.15, -0.1) is 11.3 Å². The molecule has 0 aliphatic rings. The Hall–Kier alpha value is -0.420. The summed E-state index contributed by atoms with van der Waals surface area (Å²) >= 11 is 11.3. The molecule has 5 heteroatoms. The zero-order valence-corrected chi connectivity index (χ0v) is 12.4. The summed E-state index contributed by atoms with van der Waals surface area (Å²) in [6, 6.07) is 6.21. The summed E-state index contributed by atoms with van der Waals surface area (Å²) < 4.78 is 0.999. The van der Waals surface area contributed by atoms with E-state index < -0.39 is 0 Å². The Bertz CT molecular complexity index is 487. The third-order valence-electron chi connectivity index (χ3n) is 2.58. The number of benzene rings is 1. The summed E-state index contributed by atoms with van der Waals surface area (Å²) in [4.78, 5) is 5.34. The van der Waals surface area contributed by atoms with Crippen LogP contribution in [0, 0.1) is 0 Å². The van der Waals surface area contributed by atoms with E-state index in [1.54, 1.807) is 11.3 Å². The molecule has 0 aliphatic heterocycles. The first-order chi connectivity index (χ1) is 8.20. The smallest absolute Gasteiger partial charge is 0.0794 e. The molecule has 2 aromatic rings. The van der Waals surface area contributed by atoms with Crippen molar-refractivity contribution in [3.05, 3.63) is 49.8 Å². The molecule has 0 spiro atoms. The van der Waals surface area contributed by atoms with Crippen molar-refractivity contribution in [2.75, 3.05) is 7.05 Å². The molecule has 1 aromatic carbocycles. The Morgan fingerprint density at radius 3 is 2.94 bits per heavy atom. The van der Waals surface area contributed by atoms with Gasteiger partial charge in [0.1, 0.15) is 0 Å². The van der Waals surface area contributed by atoms with Gasteiger partial charge in [-0.1, -0.05) is 33.6 Å². The maximum Gasteiger partial charge on any atom is 0.0794 e. The molecule has 2 nitrogen and oxygen atoms in total. The number of rotatable bonds is 4. The summed E-state index contributed by atoms with van der Waals surface area (Å²) in [5.74, 6) is 0. The molecular formula is C12H12BrClN2S. The minimum atomic E-state index is 0.219. The van der Waals surface area contributed by atoms with Gasteiger partial charge in [0.2, 0.25) is 0 Å². The molecule has 0 radical (unpaired) electrons. The van der Waals surface area contributed by atoms with Crippen LogP contribution in [0.5, 0.6) is 0 Å². The molecule has 90 valence electrons. The first-order valence-corrected chi connectivity index (χ1v) is 7.25. The van der Waals surface area contributed by atoms with Crippen LogP contribution in [0.25, 0.3) is 0 Å². The highest BCUT2D eigenvalue weighted by molar-refractivity contribution is 9.10. The molecule has 2 rings (SSSR count). The summed E-state index contributed by atoms with van der Waals surface area (Å²) in [7, 11) is 1.95. The van der Waals surface area contributed by atoms with Crippen molar-refractivity contribution in [3.8, 4) is 0 Å². The van der Waals surface area contributed by atoms with Crippen molar-refractivity contribution in [3.63, 3.8) is 0 Å². The number of aromatic nitrogens is 1. The van der Waals surface area contributed by atoms with Gasteiger partial charge in [0.15, 0.2) is 0 Å². The molecule has 0 aliphatic carbocycles. The second kappa shape index (κ2) is 5.96. The first-order valence-electron chi connectivity index (χ1n) is 5.20. The molecule has 1 unspecified atom stereocenters. The van der Waals surface area contributed by atoms with Crippen LogP contribution >= 0.6 is 38.9 Å². The predicted molar refractivity (Wildman–Crippen MR) is 76.8 cm³/mol. The maximum atomic E-state index is 6.26. The van der Waals surface area contributed by atoms with E-state index in [4.69, 9.17) is 11.6 Å². The SMILES string of the molecule is CNC(Cc1cncs1)c1ccc(Br)cc1Cl. The Kier molecular flexibility index (Phi) is 4.56. The molecule has 1 N–H and O–H groups in total. The average molecular weight is 332 g/mol. The molecular weight excluding hydrogens is 320 g/mol. The van der Waals surface area contributed by atoms with Crippen LogP contribution in [0.1, 0.15) is 16.5 Å². The summed E-state index contributed by atoms with van der Waals surface area (Å²) in [6.45, 7) is 0. The van der Waals surface area contributed by atoms with Crippen LogP contribution in [0.4, 0.5) is 0 Å². The highest BCUT2D eigenvalue weighted by atomic mass is 79.9. The van der Waals surface area contributed by atoms with Gasteiger partial charge < -0.3 is 5.32 Å². The highest BCUT2D eigenvalue weighted by Gasteiger charge is 2.14. The molecule has 0 fully saturated rings. The van der Waals surface area contributed by atoms with Crippen molar-refractivity contribution in [1.82, 2.24) is 10.3 Å². The second-order valence-corrected chi connectivity index (χ2v) is 5.97. The lowest BCUT2D eigenvalue weighted by Gasteiger charge is -2.17. The molecule has 17 heavy (non-hydrogen) atoms. The lowest BCUT2D eigenvalue weighted by atomic mass is 10.0. The summed E-state index contributed by atoms with van der Waals surface area (Å²) in [6.07, 6.45) is 2.81. The third-order valence-corrected chi connectivity index (χ3v) is 4.20. The molecule has 0 saturated carbocycles. The fourth-order valence-corrected chi connectivity index (χ4v) is 3.14. The van der Waals surface area contributed by atoms with Crippen LogP contribution in [-0.2, 0) is 6.42 Å². The molecule has 1 heterocycles. The fourth-order valence-electron chi connectivity index (χ4n) is 1.70. The van der Waals surface area contributed by atoms with E-state index in [9.17, 15) is 0 Å². The van der Waals surface area contributed by atoms with Gasteiger partial charge in [0, 0.05) is 33.0 Å². The van der Waals surface area contributed by atoms with Crippen LogP contribution < -0.4 is 5.32 Å². The van der Waals surface area contributed by atoms with Gasteiger partial charge in [-0.2, -0.15) is 0 Å². The minimum absolute atomic E-state index is 0.219. The van der Waals surface area contributed by atoms with Crippen LogP contribution in [0.15, 0.2) is 34.4 Å². The molecule has 1 aromatic heterocycles. The summed E-state index contributed by atoms with van der Waals surface area (Å²) in [5.41, 5.74) is 2.97. The lowest BCUT2D eigenvalue weighted by Crippen LogP contribution is -2.18. The number of hydrogen-bond donors (Lipinski definition) is 1. The zero-order chi connectivity index (χ0) is 12.3. The molecule has 1 atom stereocenters. The van der Waals surface area contributed by atoms with Crippen molar-refractivity contribution in [2.45, 2.75) is 12.5 Å². The monoisotopic (exact) mass is 330 g/mol. The predicted octanol–water partition coefficient (Wildman–Crippen LogP) is 4.06. The van der Waals surface area contributed by atoms with E-state index in [0.717, 1.165) is 21.5 Å². The Morgan fingerprint density at radius 1 is 1.53 bits per heavy atom. The number of thiazole rings is 1. The lowest BCUT2D eigenvalue weighted by molar-refractivity contribution is 0.596. The quantitative estimate of drug-likeness (QED) is 0.914. The minimum Gasteiger partial charge on any atom is -0.313 e. The Balaban J connectivity index is 2.23. The highest BCUT2D eigenvalue weighted by Crippen LogP contribution is 2.29. The van der Waals surface area contributed by atoms with Gasteiger partial charge in [0.25, 0.3) is 0 Å². The molecule has 0 bridgehead atoms. The Labute approximate surface area is 118 Å². The van der Waals surface area contributed by atoms with Crippen molar-refractivity contribution >= 4 is 38.9 Å². The van der Waals surface area contributed by atoms with Gasteiger partial charge >= 0.3 is 0 Å². The van der Waals surface area contributed by atoms with E-state index in [0.29, 0.717) is 0 Å². The zero-order valence-electron chi connectivity index (χ0n) is 9.28. The maximum absolute atomic E-state index is 6.26. The number of nitrogens with one attached hydrogen (secondary N) is 1. The van der Waals surface area contributed by atoms with Crippen molar-refractivity contribution in [2.24, 2.45) is 0 Å². The van der Waals surface area contributed by atoms with Gasteiger partial charge in [-0.25, -0.2) is 0 Å². The van der Waals surface area contributed by atoms with Gasteiger partial charge in [-0.05, 0) is 24.7 Å². The number of hydrogen-bond acceptors (Lipinski definition) is 3. The average Bonchev–Trinajstić information content (AvgIpc) is 2.79. The van der Waals surface area contributed by atoms with E-state index >= 15 is 0 Å². The third kappa shape index (κ3) is 3.28. The van der Waals surface area contributed by atoms with Gasteiger partial charge in [0.05, 0.1) is 5.51 Å². The molecule has 0 amide bonds. The normalized spacial score (nSPS) is 12.6.